The van der Waals surface area contributed by atoms with E-state index in [0.29, 0.717) is 20.2 Å². The van der Waals surface area contributed by atoms with Crippen LogP contribution in [0.15, 0.2) is 22.7 Å². The molecular formula is C15H14BrFN2O3S. The van der Waals surface area contributed by atoms with Gasteiger partial charge in [-0.3, -0.25) is 9.69 Å². The summed E-state index contributed by atoms with van der Waals surface area (Å²) >= 11 is 4.18. The van der Waals surface area contributed by atoms with Gasteiger partial charge >= 0.3 is 5.97 Å². The molecule has 1 heterocycles. The maximum atomic E-state index is 13.9. The van der Waals surface area contributed by atoms with Crippen molar-refractivity contribution in [2.45, 2.75) is 13.8 Å². The second-order valence-electron chi connectivity index (χ2n) is 4.62. The number of hydrogen-bond donors (Lipinski definition) is 0. The maximum Gasteiger partial charge on any atom is 0.350 e. The van der Waals surface area contributed by atoms with Crippen molar-refractivity contribution in [3.05, 3.63) is 44.6 Å². The third-order valence-electron chi connectivity index (χ3n) is 3.00. The van der Waals surface area contributed by atoms with E-state index in [9.17, 15) is 14.0 Å². The molecule has 0 atom stereocenters. The van der Waals surface area contributed by atoms with Gasteiger partial charge in [0.05, 0.1) is 17.9 Å². The minimum Gasteiger partial charge on any atom is -0.462 e. The number of amides is 1. The van der Waals surface area contributed by atoms with Crippen LogP contribution >= 0.6 is 27.3 Å². The Balaban J connectivity index is 2.29. The van der Waals surface area contributed by atoms with Gasteiger partial charge in [-0.15, -0.1) is 0 Å². The molecule has 8 heteroatoms. The highest BCUT2D eigenvalue weighted by atomic mass is 79.9. The van der Waals surface area contributed by atoms with Crippen LogP contribution in [0.25, 0.3) is 0 Å². The lowest BCUT2D eigenvalue weighted by Crippen LogP contribution is -2.27. The van der Waals surface area contributed by atoms with Gasteiger partial charge in [0.25, 0.3) is 5.91 Å². The minimum absolute atomic E-state index is 0.0683. The fourth-order valence-corrected chi connectivity index (χ4v) is 3.10. The number of halogens is 2. The molecule has 1 aromatic heterocycles. The summed E-state index contributed by atoms with van der Waals surface area (Å²) in [6, 6.07) is 4.20. The highest BCUT2D eigenvalue weighted by molar-refractivity contribution is 9.10. The molecule has 0 fully saturated rings. The molecule has 0 aliphatic heterocycles. The van der Waals surface area contributed by atoms with Gasteiger partial charge in [0, 0.05) is 11.5 Å². The van der Waals surface area contributed by atoms with Crippen molar-refractivity contribution in [3.8, 4) is 0 Å². The molecule has 0 saturated carbocycles. The molecule has 2 rings (SSSR count). The van der Waals surface area contributed by atoms with E-state index in [-0.39, 0.29) is 12.2 Å². The number of hydrogen-bond acceptors (Lipinski definition) is 5. The molecule has 0 aliphatic rings. The van der Waals surface area contributed by atoms with Crippen LogP contribution in [0.4, 0.5) is 9.52 Å². The van der Waals surface area contributed by atoms with Gasteiger partial charge < -0.3 is 4.74 Å². The lowest BCUT2D eigenvalue weighted by molar-refractivity contribution is 0.0531. The van der Waals surface area contributed by atoms with Crippen molar-refractivity contribution in [1.82, 2.24) is 4.98 Å². The summed E-state index contributed by atoms with van der Waals surface area (Å²) in [5.41, 5.74) is 0.403. The Morgan fingerprint density at radius 2 is 2.13 bits per heavy atom. The number of nitrogens with zero attached hydrogens (tertiary/aromatic N) is 2. The van der Waals surface area contributed by atoms with Crippen LogP contribution in [0, 0.1) is 12.7 Å². The standard InChI is InChI=1S/C15H14BrFN2O3S/c1-4-22-14(21)12-8(2)18-15(23-12)19(3)13(20)10-6-5-9(16)7-11(10)17/h5-7H,4H2,1-3H3. The average molecular weight is 401 g/mol. The molecular weight excluding hydrogens is 387 g/mol. The number of aryl methyl sites for hydroxylation is 1. The van der Waals surface area contributed by atoms with E-state index < -0.39 is 17.7 Å². The van der Waals surface area contributed by atoms with E-state index in [0.717, 1.165) is 11.3 Å². The van der Waals surface area contributed by atoms with Crippen LogP contribution in [0.2, 0.25) is 0 Å². The summed E-state index contributed by atoms with van der Waals surface area (Å²) in [4.78, 5) is 30.0. The normalized spacial score (nSPS) is 10.5. The number of benzene rings is 1. The van der Waals surface area contributed by atoms with Crippen molar-refractivity contribution in [3.63, 3.8) is 0 Å². The van der Waals surface area contributed by atoms with Gasteiger partial charge in [-0.05, 0) is 32.0 Å². The Morgan fingerprint density at radius 3 is 2.74 bits per heavy atom. The summed E-state index contributed by atoms with van der Waals surface area (Å²) in [5, 5.41) is 0.304. The van der Waals surface area contributed by atoms with Crippen molar-refractivity contribution in [1.29, 1.82) is 0 Å². The molecule has 0 spiro atoms. The molecule has 0 radical (unpaired) electrons. The number of rotatable bonds is 4. The van der Waals surface area contributed by atoms with Crippen LogP contribution in [0.5, 0.6) is 0 Å². The quantitative estimate of drug-likeness (QED) is 0.732. The SMILES string of the molecule is CCOC(=O)c1sc(N(C)C(=O)c2ccc(Br)cc2F)nc1C. The molecule has 0 aliphatic carbocycles. The summed E-state index contributed by atoms with van der Waals surface area (Å²) in [5.74, 6) is -1.65. The number of aromatic nitrogens is 1. The Bertz CT molecular complexity index is 763. The van der Waals surface area contributed by atoms with E-state index in [1.165, 1.54) is 24.1 Å². The van der Waals surface area contributed by atoms with Crippen molar-refractivity contribution >= 4 is 44.3 Å². The van der Waals surface area contributed by atoms with E-state index in [1.807, 2.05) is 0 Å². The number of esters is 1. The smallest absolute Gasteiger partial charge is 0.350 e. The molecule has 1 aromatic carbocycles. The summed E-state index contributed by atoms with van der Waals surface area (Å²) in [6.45, 7) is 3.62. The third kappa shape index (κ3) is 3.76. The lowest BCUT2D eigenvalue weighted by Gasteiger charge is -2.14. The Kier molecular flexibility index (Phi) is 5.48. The van der Waals surface area contributed by atoms with Crippen LogP contribution in [0.1, 0.15) is 32.6 Å². The van der Waals surface area contributed by atoms with Gasteiger partial charge in [-0.2, -0.15) is 0 Å². The Hall–Kier alpha value is -1.80. The zero-order valence-corrected chi connectivity index (χ0v) is 15.1. The largest absolute Gasteiger partial charge is 0.462 e. The summed E-state index contributed by atoms with van der Waals surface area (Å²) < 4.78 is 19.4. The topological polar surface area (TPSA) is 59.5 Å². The van der Waals surface area contributed by atoms with Crippen molar-refractivity contribution in [2.24, 2.45) is 0 Å². The lowest BCUT2D eigenvalue weighted by atomic mass is 10.2. The fraction of sp³-hybridized carbons (Fsp3) is 0.267. The molecule has 1 amide bonds. The van der Waals surface area contributed by atoms with Gasteiger partial charge in [0.2, 0.25) is 0 Å². The maximum absolute atomic E-state index is 13.9. The number of thiazole rings is 1. The van der Waals surface area contributed by atoms with Crippen LogP contribution < -0.4 is 4.90 Å². The van der Waals surface area contributed by atoms with E-state index >= 15 is 0 Å². The zero-order chi connectivity index (χ0) is 17.1. The second-order valence-corrected chi connectivity index (χ2v) is 6.51. The number of carbonyl (C=O) groups excluding carboxylic acids is 2. The summed E-state index contributed by atoms with van der Waals surface area (Å²) in [6.07, 6.45) is 0. The summed E-state index contributed by atoms with van der Waals surface area (Å²) in [7, 11) is 1.48. The first-order valence-corrected chi connectivity index (χ1v) is 8.33. The molecule has 5 nitrogen and oxygen atoms in total. The molecule has 0 bridgehead atoms. The monoisotopic (exact) mass is 400 g/mol. The Labute approximate surface area is 145 Å². The van der Waals surface area contributed by atoms with Gasteiger partial charge in [-0.1, -0.05) is 27.3 Å². The first-order valence-electron chi connectivity index (χ1n) is 6.72. The molecule has 2 aromatic rings. The fourth-order valence-electron chi connectivity index (χ4n) is 1.84. The van der Waals surface area contributed by atoms with Crippen LogP contribution in [-0.4, -0.2) is 30.5 Å². The van der Waals surface area contributed by atoms with Crippen molar-refractivity contribution < 1.29 is 18.7 Å². The third-order valence-corrected chi connectivity index (χ3v) is 4.71. The first-order chi connectivity index (χ1) is 10.8. The highest BCUT2D eigenvalue weighted by Crippen LogP contribution is 2.27. The molecule has 23 heavy (non-hydrogen) atoms. The molecule has 122 valence electrons. The molecule has 0 unspecified atom stereocenters. The van der Waals surface area contributed by atoms with Crippen LogP contribution in [0.3, 0.4) is 0 Å². The molecule has 0 N–H and O–H groups in total. The molecule has 0 saturated heterocycles. The second kappa shape index (κ2) is 7.18. The van der Waals surface area contributed by atoms with Crippen LogP contribution in [-0.2, 0) is 4.74 Å². The van der Waals surface area contributed by atoms with E-state index in [4.69, 9.17) is 4.74 Å². The zero-order valence-electron chi connectivity index (χ0n) is 12.7. The number of anilines is 1. The van der Waals surface area contributed by atoms with Crippen molar-refractivity contribution in [2.75, 3.05) is 18.6 Å². The highest BCUT2D eigenvalue weighted by Gasteiger charge is 2.23. The van der Waals surface area contributed by atoms with E-state index in [2.05, 4.69) is 20.9 Å². The first kappa shape index (κ1) is 17.6. The Morgan fingerprint density at radius 1 is 1.43 bits per heavy atom. The number of carbonyl (C=O) groups is 2. The van der Waals surface area contributed by atoms with Gasteiger partial charge in [0.1, 0.15) is 10.7 Å². The van der Waals surface area contributed by atoms with E-state index in [1.54, 1.807) is 19.9 Å². The minimum atomic E-state index is -0.630. The predicted octanol–water partition coefficient (Wildman–Crippen LogP) is 3.81. The predicted molar refractivity (Wildman–Crippen MR) is 89.6 cm³/mol. The van der Waals surface area contributed by atoms with Gasteiger partial charge in [-0.25, -0.2) is 14.2 Å². The number of ether oxygens (including phenoxy) is 1. The average Bonchev–Trinajstić information content (AvgIpc) is 2.88. The van der Waals surface area contributed by atoms with Gasteiger partial charge in [0.15, 0.2) is 5.13 Å².